The van der Waals surface area contributed by atoms with Gasteiger partial charge in [0.25, 0.3) is 5.91 Å². The van der Waals surface area contributed by atoms with Crippen LogP contribution < -0.4 is 0 Å². The summed E-state index contributed by atoms with van der Waals surface area (Å²) >= 11 is 0. The van der Waals surface area contributed by atoms with Gasteiger partial charge in [0, 0.05) is 19.2 Å². The molecule has 102 valence electrons. The number of aldehydes is 1. The minimum absolute atomic E-state index is 0.317. The first kappa shape index (κ1) is 16.4. The predicted molar refractivity (Wildman–Crippen MR) is 67.9 cm³/mol. The molecule has 0 heterocycles. The van der Waals surface area contributed by atoms with E-state index in [0.717, 1.165) is 25.7 Å². The summed E-state index contributed by atoms with van der Waals surface area (Å²) in [6.45, 7) is 6.07. The molecule has 0 aliphatic rings. The van der Waals surface area contributed by atoms with Crippen LogP contribution in [-0.4, -0.2) is 43.3 Å². The number of carbonyl (C=O) groups excluding carboxylic acids is 3. The third kappa shape index (κ3) is 7.60. The Morgan fingerprint density at radius 1 is 1.22 bits per heavy atom. The van der Waals surface area contributed by atoms with E-state index in [1.54, 1.807) is 14.0 Å². The van der Waals surface area contributed by atoms with Gasteiger partial charge in [-0.05, 0) is 26.2 Å². The van der Waals surface area contributed by atoms with Gasteiger partial charge in [-0.25, -0.2) is 4.79 Å². The fraction of sp³-hybridized carbons (Fsp3) is 0.615. The SMILES string of the molecule is C=C(C)C(=O)OCCCCCCN(C)C(=O)C=O. The second-order valence-electron chi connectivity index (χ2n) is 4.21. The van der Waals surface area contributed by atoms with Crippen molar-refractivity contribution >= 4 is 18.2 Å². The molecule has 5 heteroatoms. The van der Waals surface area contributed by atoms with Gasteiger partial charge in [-0.15, -0.1) is 0 Å². The molecule has 0 rings (SSSR count). The molecule has 1 amide bonds. The zero-order valence-electron chi connectivity index (χ0n) is 11.1. The second kappa shape index (κ2) is 9.39. The molecule has 0 saturated carbocycles. The van der Waals surface area contributed by atoms with Crippen molar-refractivity contribution in [3.8, 4) is 0 Å². The van der Waals surface area contributed by atoms with Crippen molar-refractivity contribution in [3.63, 3.8) is 0 Å². The van der Waals surface area contributed by atoms with Gasteiger partial charge in [0.2, 0.25) is 6.29 Å². The number of esters is 1. The molecule has 0 aromatic rings. The topological polar surface area (TPSA) is 63.7 Å². The predicted octanol–water partition coefficient (Wildman–Crippen LogP) is 1.32. The molecule has 0 atom stereocenters. The summed E-state index contributed by atoms with van der Waals surface area (Å²) in [5.74, 6) is -0.850. The van der Waals surface area contributed by atoms with E-state index in [4.69, 9.17) is 4.74 Å². The monoisotopic (exact) mass is 255 g/mol. The molecular weight excluding hydrogens is 234 g/mol. The van der Waals surface area contributed by atoms with Crippen molar-refractivity contribution in [3.05, 3.63) is 12.2 Å². The average Bonchev–Trinajstić information content (AvgIpc) is 2.35. The Labute approximate surface area is 108 Å². The summed E-state index contributed by atoms with van der Waals surface area (Å²) in [5.41, 5.74) is 0.406. The standard InChI is InChI=1S/C13H21NO4/c1-11(2)13(17)18-9-7-5-4-6-8-14(3)12(16)10-15/h10H,1,4-9H2,2-3H3. The molecule has 0 bridgehead atoms. The summed E-state index contributed by atoms with van der Waals surface area (Å²) in [6.07, 6.45) is 3.81. The van der Waals surface area contributed by atoms with Crippen LogP contribution in [0, 0.1) is 0 Å². The lowest BCUT2D eigenvalue weighted by Gasteiger charge is -2.13. The third-order valence-corrected chi connectivity index (χ3v) is 2.45. The smallest absolute Gasteiger partial charge is 0.333 e. The average molecular weight is 255 g/mol. The normalized spacial score (nSPS) is 9.67. The Hall–Kier alpha value is -1.65. The van der Waals surface area contributed by atoms with Gasteiger partial charge in [0.05, 0.1) is 6.61 Å². The molecule has 0 N–H and O–H groups in total. The van der Waals surface area contributed by atoms with E-state index in [2.05, 4.69) is 6.58 Å². The Morgan fingerprint density at radius 3 is 2.39 bits per heavy atom. The van der Waals surface area contributed by atoms with Crippen LogP contribution in [0.3, 0.4) is 0 Å². The van der Waals surface area contributed by atoms with Crippen LogP contribution in [0.4, 0.5) is 0 Å². The summed E-state index contributed by atoms with van der Waals surface area (Å²) < 4.78 is 4.94. The maximum Gasteiger partial charge on any atom is 0.333 e. The largest absolute Gasteiger partial charge is 0.462 e. The number of hydrogen-bond acceptors (Lipinski definition) is 4. The van der Waals surface area contributed by atoms with Crippen LogP contribution >= 0.6 is 0 Å². The van der Waals surface area contributed by atoms with Crippen LogP contribution in [0.15, 0.2) is 12.2 Å². The molecular formula is C13H21NO4. The molecule has 0 saturated heterocycles. The van der Waals surface area contributed by atoms with E-state index in [9.17, 15) is 14.4 Å². The number of unbranched alkanes of at least 4 members (excludes halogenated alkanes) is 3. The van der Waals surface area contributed by atoms with Crippen molar-refractivity contribution in [2.45, 2.75) is 32.6 Å². The van der Waals surface area contributed by atoms with E-state index in [1.165, 1.54) is 4.90 Å². The van der Waals surface area contributed by atoms with E-state index in [0.29, 0.717) is 25.0 Å². The molecule has 0 fully saturated rings. The van der Waals surface area contributed by atoms with E-state index >= 15 is 0 Å². The molecule has 18 heavy (non-hydrogen) atoms. The van der Waals surface area contributed by atoms with Crippen molar-refractivity contribution in [2.75, 3.05) is 20.2 Å². The molecule has 0 spiro atoms. The molecule has 0 unspecified atom stereocenters. The summed E-state index contributed by atoms with van der Waals surface area (Å²) in [7, 11) is 1.60. The van der Waals surface area contributed by atoms with Gasteiger partial charge in [-0.3, -0.25) is 9.59 Å². The van der Waals surface area contributed by atoms with Crippen molar-refractivity contribution in [1.82, 2.24) is 4.90 Å². The lowest BCUT2D eigenvalue weighted by molar-refractivity contribution is -0.139. The van der Waals surface area contributed by atoms with Crippen LogP contribution in [0.5, 0.6) is 0 Å². The minimum atomic E-state index is -0.495. The number of nitrogens with zero attached hydrogens (tertiary/aromatic N) is 1. The molecule has 0 aliphatic carbocycles. The minimum Gasteiger partial charge on any atom is -0.462 e. The molecule has 0 aliphatic heterocycles. The Kier molecular flexibility index (Phi) is 8.53. The van der Waals surface area contributed by atoms with E-state index in [-0.39, 0.29) is 5.97 Å². The Balaban J connectivity index is 3.41. The van der Waals surface area contributed by atoms with Gasteiger partial charge in [-0.1, -0.05) is 13.0 Å². The first-order valence-electron chi connectivity index (χ1n) is 6.02. The Bertz CT molecular complexity index is 312. The maximum atomic E-state index is 11.0. The first-order valence-corrected chi connectivity index (χ1v) is 6.02. The van der Waals surface area contributed by atoms with Crippen molar-refractivity contribution in [2.24, 2.45) is 0 Å². The molecule has 0 radical (unpaired) electrons. The molecule has 0 aromatic heterocycles. The van der Waals surface area contributed by atoms with Gasteiger partial charge in [-0.2, -0.15) is 0 Å². The molecule has 5 nitrogen and oxygen atoms in total. The highest BCUT2D eigenvalue weighted by Gasteiger charge is 2.05. The van der Waals surface area contributed by atoms with Crippen LogP contribution in [0.2, 0.25) is 0 Å². The van der Waals surface area contributed by atoms with Crippen molar-refractivity contribution in [1.29, 1.82) is 0 Å². The van der Waals surface area contributed by atoms with Crippen LogP contribution in [0.25, 0.3) is 0 Å². The lowest BCUT2D eigenvalue weighted by Crippen LogP contribution is -2.28. The van der Waals surface area contributed by atoms with E-state index in [1.807, 2.05) is 0 Å². The Morgan fingerprint density at radius 2 is 1.83 bits per heavy atom. The highest BCUT2D eigenvalue weighted by Crippen LogP contribution is 2.02. The number of rotatable bonds is 9. The lowest BCUT2D eigenvalue weighted by atomic mass is 10.2. The van der Waals surface area contributed by atoms with Gasteiger partial charge < -0.3 is 9.64 Å². The first-order chi connectivity index (χ1) is 8.49. The highest BCUT2D eigenvalue weighted by atomic mass is 16.5. The fourth-order valence-electron chi connectivity index (χ4n) is 1.29. The number of likely N-dealkylation sites (N-methyl/N-ethyl adjacent to an activating group) is 1. The zero-order valence-corrected chi connectivity index (χ0v) is 11.1. The summed E-state index contributed by atoms with van der Waals surface area (Å²) in [5, 5.41) is 0. The number of hydrogen-bond donors (Lipinski definition) is 0. The van der Waals surface area contributed by atoms with Gasteiger partial charge >= 0.3 is 5.97 Å². The van der Waals surface area contributed by atoms with Gasteiger partial charge in [0.1, 0.15) is 0 Å². The maximum absolute atomic E-state index is 11.0. The second-order valence-corrected chi connectivity index (χ2v) is 4.21. The summed E-state index contributed by atoms with van der Waals surface area (Å²) in [4.78, 5) is 33.5. The quantitative estimate of drug-likeness (QED) is 0.205. The number of ether oxygens (including phenoxy) is 1. The molecule has 0 aromatic carbocycles. The number of amides is 1. The van der Waals surface area contributed by atoms with Crippen molar-refractivity contribution < 1.29 is 19.1 Å². The fourth-order valence-corrected chi connectivity index (χ4v) is 1.29. The van der Waals surface area contributed by atoms with Crippen LogP contribution in [0.1, 0.15) is 32.6 Å². The highest BCUT2D eigenvalue weighted by molar-refractivity contribution is 6.23. The third-order valence-electron chi connectivity index (χ3n) is 2.45. The summed E-state index contributed by atoms with van der Waals surface area (Å²) in [6, 6.07) is 0. The zero-order chi connectivity index (χ0) is 14.0. The van der Waals surface area contributed by atoms with Crippen LogP contribution in [-0.2, 0) is 19.1 Å². The van der Waals surface area contributed by atoms with Gasteiger partial charge in [0.15, 0.2) is 0 Å². The number of carbonyl (C=O) groups is 3. The van der Waals surface area contributed by atoms with E-state index < -0.39 is 5.91 Å².